The molecule has 0 spiro atoms. The predicted molar refractivity (Wildman–Crippen MR) is 71.5 cm³/mol. The first kappa shape index (κ1) is 15.1. The average Bonchev–Trinajstić information content (AvgIpc) is 2.84. The molecule has 1 aromatic heterocycles. The van der Waals surface area contributed by atoms with Crippen molar-refractivity contribution in [3.05, 3.63) is 54.6 Å². The van der Waals surface area contributed by atoms with Crippen molar-refractivity contribution in [2.24, 2.45) is 0 Å². The molecule has 0 saturated heterocycles. The van der Waals surface area contributed by atoms with E-state index in [0.29, 0.717) is 11.0 Å². The number of hydrogen-bond acceptors (Lipinski definition) is 4. The van der Waals surface area contributed by atoms with Gasteiger partial charge in [0.15, 0.2) is 0 Å². The van der Waals surface area contributed by atoms with E-state index in [0.717, 1.165) is 0 Å². The van der Waals surface area contributed by atoms with E-state index in [1.165, 1.54) is 0 Å². The molecular weight excluding hydrogens is 287 g/mol. The summed E-state index contributed by atoms with van der Waals surface area (Å²) in [5.41, 5.74) is 1.23. The van der Waals surface area contributed by atoms with Crippen LogP contribution in [-0.2, 0) is 10.1 Å². The number of nitrogens with one attached hydrogen (secondary N) is 1. The number of para-hydroxylation sites is 3. The van der Waals surface area contributed by atoms with Crippen LogP contribution < -0.4 is 33.7 Å². The van der Waals surface area contributed by atoms with Gasteiger partial charge in [0.25, 0.3) is 5.16 Å². The van der Waals surface area contributed by atoms with E-state index in [4.69, 9.17) is 4.18 Å². The summed E-state index contributed by atoms with van der Waals surface area (Å²) in [7, 11) is -3.94. The zero-order valence-electron chi connectivity index (χ0n) is 11.8. The van der Waals surface area contributed by atoms with Crippen molar-refractivity contribution in [2.75, 3.05) is 0 Å². The van der Waals surface area contributed by atoms with Gasteiger partial charge in [0.1, 0.15) is 5.75 Å². The quantitative estimate of drug-likeness (QED) is 0.520. The van der Waals surface area contributed by atoms with E-state index < -0.39 is 10.1 Å². The van der Waals surface area contributed by atoms with Gasteiger partial charge in [0.2, 0.25) is 0 Å². The molecule has 0 amide bonds. The molecule has 0 atom stereocenters. The summed E-state index contributed by atoms with van der Waals surface area (Å²) in [6, 6.07) is 15.4. The Balaban J connectivity index is 0.00000110. The molecule has 7 heteroatoms. The molecule has 0 aliphatic carbocycles. The molecule has 1 heterocycles. The number of nitrogens with zero attached hydrogens (tertiary/aromatic N) is 1. The molecule has 5 nitrogen and oxygen atoms in total. The Morgan fingerprint density at radius 3 is 2.35 bits per heavy atom. The Kier molecular flexibility index (Phi) is 4.49. The van der Waals surface area contributed by atoms with E-state index in [-0.39, 0.29) is 41.9 Å². The van der Waals surface area contributed by atoms with Gasteiger partial charge in [0.05, 0.1) is 11.0 Å². The zero-order valence-corrected chi connectivity index (χ0v) is 13.6. The molecule has 1 N–H and O–H groups in total. The summed E-state index contributed by atoms with van der Waals surface area (Å²) in [4.78, 5) is 6.74. The van der Waals surface area contributed by atoms with Crippen LogP contribution >= 0.6 is 0 Å². The van der Waals surface area contributed by atoms with Crippen LogP contribution in [0.1, 0.15) is 1.43 Å². The first-order valence-corrected chi connectivity index (χ1v) is 7.00. The summed E-state index contributed by atoms with van der Waals surface area (Å²) in [5, 5.41) is -0.197. The number of imidazole rings is 1. The van der Waals surface area contributed by atoms with Crippen molar-refractivity contribution in [3.63, 3.8) is 0 Å². The first-order chi connectivity index (χ1) is 9.15. The molecule has 2 aromatic carbocycles. The molecular formula is C13H11N2NaO3S. The molecule has 0 saturated carbocycles. The van der Waals surface area contributed by atoms with Crippen molar-refractivity contribution in [2.45, 2.75) is 5.16 Å². The Hall–Kier alpha value is -1.34. The minimum atomic E-state index is -3.94. The third kappa shape index (κ3) is 3.04. The van der Waals surface area contributed by atoms with Crippen LogP contribution in [0.5, 0.6) is 5.75 Å². The fourth-order valence-electron chi connectivity index (χ4n) is 1.69. The maximum atomic E-state index is 12.1. The summed E-state index contributed by atoms with van der Waals surface area (Å²) < 4.78 is 29.1. The van der Waals surface area contributed by atoms with Crippen LogP contribution in [0.15, 0.2) is 59.8 Å². The van der Waals surface area contributed by atoms with Crippen molar-refractivity contribution in [3.8, 4) is 5.75 Å². The van der Waals surface area contributed by atoms with Crippen LogP contribution in [0.25, 0.3) is 11.0 Å². The number of hydrogen-bond donors (Lipinski definition) is 1. The number of H-pyrrole nitrogens is 1. The van der Waals surface area contributed by atoms with Crippen molar-refractivity contribution in [1.82, 2.24) is 9.97 Å². The molecule has 0 unspecified atom stereocenters. The van der Waals surface area contributed by atoms with Gasteiger partial charge in [-0.15, -0.1) is 0 Å². The fourth-order valence-corrected chi connectivity index (χ4v) is 2.58. The number of aromatic amines is 1. The zero-order chi connectivity index (χ0) is 13.3. The van der Waals surface area contributed by atoms with E-state index >= 15 is 0 Å². The predicted octanol–water partition coefficient (Wildman–Crippen LogP) is -0.553. The average molecular weight is 298 g/mol. The van der Waals surface area contributed by atoms with E-state index in [1.54, 1.807) is 54.6 Å². The van der Waals surface area contributed by atoms with Gasteiger partial charge in [0, 0.05) is 0 Å². The second kappa shape index (κ2) is 5.97. The monoisotopic (exact) mass is 298 g/mol. The van der Waals surface area contributed by atoms with Gasteiger partial charge in [-0.25, -0.2) is 4.98 Å². The maximum absolute atomic E-state index is 12.1. The third-order valence-electron chi connectivity index (χ3n) is 2.55. The van der Waals surface area contributed by atoms with Crippen molar-refractivity contribution >= 4 is 21.2 Å². The Bertz CT molecular complexity index is 789. The summed E-state index contributed by atoms with van der Waals surface area (Å²) in [5.74, 6) is 0.253. The summed E-state index contributed by atoms with van der Waals surface area (Å²) >= 11 is 0. The molecule has 20 heavy (non-hydrogen) atoms. The topological polar surface area (TPSA) is 72.1 Å². The first-order valence-electron chi connectivity index (χ1n) is 5.59. The second-order valence-electron chi connectivity index (χ2n) is 3.91. The smallest absolute Gasteiger partial charge is 1.00 e. The van der Waals surface area contributed by atoms with Crippen molar-refractivity contribution in [1.29, 1.82) is 0 Å². The number of benzene rings is 2. The molecule has 3 aromatic rings. The fraction of sp³-hybridized carbons (Fsp3) is 0. The third-order valence-corrected chi connectivity index (χ3v) is 3.63. The van der Waals surface area contributed by atoms with E-state index in [1.807, 2.05) is 0 Å². The second-order valence-corrected chi connectivity index (χ2v) is 5.37. The van der Waals surface area contributed by atoms with Crippen LogP contribution in [-0.4, -0.2) is 18.4 Å². The van der Waals surface area contributed by atoms with Crippen LogP contribution in [0, 0.1) is 0 Å². The van der Waals surface area contributed by atoms with E-state index in [2.05, 4.69) is 9.97 Å². The molecule has 0 aliphatic heterocycles. The number of fused-ring (bicyclic) bond motifs is 1. The van der Waals surface area contributed by atoms with Gasteiger partial charge in [-0.1, -0.05) is 30.3 Å². The normalized spacial score (nSPS) is 11.0. The molecule has 0 aliphatic rings. The number of rotatable bonds is 3. The standard InChI is InChI=1S/C13H10N2O3S.Na.H/c16-19(17,18-10-6-2-1-3-7-10)13-14-11-8-4-5-9-12(11)15-13;;/h1-9H,(H,14,15);;/q;+1;-1. The number of aromatic nitrogens is 2. The van der Waals surface area contributed by atoms with Crippen LogP contribution in [0.4, 0.5) is 0 Å². The molecule has 98 valence electrons. The Morgan fingerprint density at radius 1 is 1.00 bits per heavy atom. The summed E-state index contributed by atoms with van der Waals surface area (Å²) in [6.45, 7) is 0. The van der Waals surface area contributed by atoms with Gasteiger partial charge in [-0.05, 0) is 24.3 Å². The SMILES string of the molecule is O=S(=O)(Oc1ccccc1)c1nc2ccccc2[nH]1.[H-].[Na+]. The minimum absolute atomic E-state index is 0. The molecule has 0 bridgehead atoms. The molecule has 0 radical (unpaired) electrons. The van der Waals surface area contributed by atoms with Gasteiger partial charge in [-0.2, -0.15) is 8.42 Å². The van der Waals surface area contributed by atoms with E-state index in [9.17, 15) is 8.42 Å². The van der Waals surface area contributed by atoms with Gasteiger partial charge < -0.3 is 10.6 Å². The summed E-state index contributed by atoms with van der Waals surface area (Å²) in [6.07, 6.45) is 0. The van der Waals surface area contributed by atoms with Crippen LogP contribution in [0.3, 0.4) is 0 Å². The van der Waals surface area contributed by atoms with Gasteiger partial charge in [-0.3, -0.25) is 0 Å². The largest absolute Gasteiger partial charge is 1.00 e. The van der Waals surface area contributed by atoms with Crippen molar-refractivity contribution < 1.29 is 43.6 Å². The maximum Gasteiger partial charge on any atom is 1.00 e. The Labute approximate surface area is 139 Å². The minimum Gasteiger partial charge on any atom is -1.00 e. The molecule has 3 rings (SSSR count). The molecule has 0 fully saturated rings. The van der Waals surface area contributed by atoms with Gasteiger partial charge >= 0.3 is 39.7 Å². The Morgan fingerprint density at radius 2 is 1.65 bits per heavy atom. The van der Waals surface area contributed by atoms with Crippen LogP contribution in [0.2, 0.25) is 0 Å².